The summed E-state index contributed by atoms with van der Waals surface area (Å²) in [6.45, 7) is 3.46. The average molecular weight is 245 g/mol. The number of hydrogen-bond donors (Lipinski definition) is 1. The van der Waals surface area contributed by atoms with E-state index in [9.17, 15) is 14.7 Å². The number of fused-ring (bicyclic) bond motifs is 1. The lowest BCUT2D eigenvalue weighted by molar-refractivity contribution is 0.0698. The lowest BCUT2D eigenvalue weighted by atomic mass is 10.0. The Labute approximate surface area is 105 Å². The number of rotatable bonds is 3. The molecule has 0 unspecified atom stereocenters. The lowest BCUT2D eigenvalue weighted by Crippen LogP contribution is -2.02. The molecule has 0 aliphatic carbocycles. The van der Waals surface area contributed by atoms with Gasteiger partial charge in [-0.1, -0.05) is 6.92 Å². The Balaban J connectivity index is 2.92. The monoisotopic (exact) mass is 245 g/mol. The summed E-state index contributed by atoms with van der Waals surface area (Å²) in [6, 6.07) is 3.58. The lowest BCUT2D eigenvalue weighted by Gasteiger charge is -2.05. The van der Waals surface area contributed by atoms with Crippen LogP contribution in [-0.4, -0.2) is 21.4 Å². The molecule has 0 amide bonds. The highest BCUT2D eigenvalue weighted by atomic mass is 16.4. The average Bonchev–Trinajstić information content (AvgIpc) is 2.65. The van der Waals surface area contributed by atoms with Crippen LogP contribution in [0.1, 0.15) is 40.1 Å². The smallest absolute Gasteiger partial charge is 0.337 e. The SMILES string of the molecule is CCc1cc(C(=O)O)c2c(c1)c(C(C)=O)cn2C. The van der Waals surface area contributed by atoms with Crippen molar-refractivity contribution in [3.05, 3.63) is 35.0 Å². The van der Waals surface area contributed by atoms with Crippen molar-refractivity contribution in [1.29, 1.82) is 0 Å². The zero-order chi connectivity index (χ0) is 13.4. The maximum atomic E-state index is 11.6. The van der Waals surface area contributed by atoms with Crippen molar-refractivity contribution in [2.24, 2.45) is 7.05 Å². The van der Waals surface area contributed by atoms with Gasteiger partial charge in [0.15, 0.2) is 5.78 Å². The minimum Gasteiger partial charge on any atom is -0.478 e. The third kappa shape index (κ3) is 1.79. The standard InChI is InChI=1S/C14H15NO3/c1-4-9-5-10-12(8(2)16)7-15(3)13(10)11(6-9)14(17)18/h5-7H,4H2,1-3H3,(H,17,18). The van der Waals surface area contributed by atoms with Crippen LogP contribution in [0.2, 0.25) is 0 Å². The number of carboxylic acids is 1. The fourth-order valence-electron chi connectivity index (χ4n) is 2.26. The van der Waals surface area contributed by atoms with Gasteiger partial charge in [-0.25, -0.2) is 4.79 Å². The van der Waals surface area contributed by atoms with Gasteiger partial charge in [-0.05, 0) is 31.0 Å². The topological polar surface area (TPSA) is 59.3 Å². The number of Topliss-reactive ketones (excluding diaryl/α,β-unsaturated/α-hetero) is 1. The van der Waals surface area contributed by atoms with E-state index in [0.29, 0.717) is 11.1 Å². The minimum absolute atomic E-state index is 0.0507. The van der Waals surface area contributed by atoms with Crippen LogP contribution < -0.4 is 0 Å². The molecule has 0 spiro atoms. The number of nitrogens with zero attached hydrogens (tertiary/aromatic N) is 1. The van der Waals surface area contributed by atoms with Gasteiger partial charge in [0.2, 0.25) is 0 Å². The van der Waals surface area contributed by atoms with Crippen molar-refractivity contribution in [3.8, 4) is 0 Å². The Bertz CT molecular complexity index is 653. The summed E-state index contributed by atoms with van der Waals surface area (Å²) in [5.41, 5.74) is 2.35. The second kappa shape index (κ2) is 4.29. The first-order valence-corrected chi connectivity index (χ1v) is 5.81. The highest BCUT2D eigenvalue weighted by molar-refractivity contribution is 6.12. The van der Waals surface area contributed by atoms with Crippen molar-refractivity contribution in [2.75, 3.05) is 0 Å². The van der Waals surface area contributed by atoms with Gasteiger partial charge in [-0.3, -0.25) is 4.79 Å². The van der Waals surface area contributed by atoms with E-state index in [4.69, 9.17) is 0 Å². The number of ketones is 1. The van der Waals surface area contributed by atoms with Gasteiger partial charge < -0.3 is 9.67 Å². The second-order valence-electron chi connectivity index (χ2n) is 4.41. The van der Waals surface area contributed by atoms with Crippen LogP contribution in [-0.2, 0) is 13.5 Å². The first-order chi connectivity index (χ1) is 8.45. The molecule has 4 nitrogen and oxygen atoms in total. The maximum absolute atomic E-state index is 11.6. The first-order valence-electron chi connectivity index (χ1n) is 5.81. The number of carboxylic acid groups (broad SMARTS) is 1. The van der Waals surface area contributed by atoms with Gasteiger partial charge in [0, 0.05) is 24.2 Å². The van der Waals surface area contributed by atoms with Gasteiger partial charge in [-0.2, -0.15) is 0 Å². The van der Waals surface area contributed by atoms with Gasteiger partial charge in [0.05, 0.1) is 11.1 Å². The Morgan fingerprint density at radius 3 is 2.44 bits per heavy atom. The number of carbonyl (C=O) groups excluding carboxylic acids is 1. The normalized spacial score (nSPS) is 10.8. The highest BCUT2D eigenvalue weighted by Crippen LogP contribution is 2.26. The molecule has 1 aromatic heterocycles. The molecule has 0 aliphatic rings. The van der Waals surface area contributed by atoms with Crippen molar-refractivity contribution in [1.82, 2.24) is 4.57 Å². The molecule has 4 heteroatoms. The van der Waals surface area contributed by atoms with Gasteiger partial charge >= 0.3 is 5.97 Å². The Morgan fingerprint density at radius 2 is 1.94 bits per heavy atom. The van der Waals surface area contributed by atoms with Gasteiger partial charge in [0.25, 0.3) is 0 Å². The molecule has 0 saturated carbocycles. The van der Waals surface area contributed by atoms with Crippen molar-refractivity contribution in [3.63, 3.8) is 0 Å². The molecule has 0 atom stereocenters. The van der Waals surface area contributed by atoms with E-state index in [1.165, 1.54) is 6.92 Å². The molecular weight excluding hydrogens is 230 g/mol. The predicted molar refractivity (Wildman–Crippen MR) is 69.3 cm³/mol. The third-order valence-corrected chi connectivity index (χ3v) is 3.15. The maximum Gasteiger partial charge on any atom is 0.337 e. The van der Waals surface area contributed by atoms with Crippen molar-refractivity contribution >= 4 is 22.7 Å². The number of aryl methyl sites for hydroxylation is 2. The summed E-state index contributed by atoms with van der Waals surface area (Å²) in [6.07, 6.45) is 2.43. The number of benzene rings is 1. The predicted octanol–water partition coefficient (Wildman–Crippen LogP) is 2.64. The largest absolute Gasteiger partial charge is 0.478 e. The second-order valence-corrected chi connectivity index (χ2v) is 4.41. The van der Waals surface area contributed by atoms with E-state index in [2.05, 4.69) is 0 Å². The summed E-state index contributed by atoms with van der Waals surface area (Å²) in [5.74, 6) is -1.02. The number of hydrogen-bond acceptors (Lipinski definition) is 2. The zero-order valence-corrected chi connectivity index (χ0v) is 10.7. The van der Waals surface area contributed by atoms with E-state index < -0.39 is 5.97 Å². The molecule has 2 rings (SSSR count). The fourth-order valence-corrected chi connectivity index (χ4v) is 2.26. The molecule has 1 aromatic carbocycles. The number of carbonyl (C=O) groups is 2. The van der Waals surface area contributed by atoms with E-state index in [1.54, 1.807) is 23.9 Å². The summed E-state index contributed by atoms with van der Waals surface area (Å²) in [5, 5.41) is 10.0. The summed E-state index contributed by atoms with van der Waals surface area (Å²) < 4.78 is 1.70. The fraction of sp³-hybridized carbons (Fsp3) is 0.286. The number of aromatic nitrogens is 1. The Hall–Kier alpha value is -2.10. The molecule has 1 heterocycles. The van der Waals surface area contributed by atoms with Crippen LogP contribution in [0.5, 0.6) is 0 Å². The third-order valence-electron chi connectivity index (χ3n) is 3.15. The molecule has 94 valence electrons. The quantitative estimate of drug-likeness (QED) is 0.846. The first kappa shape index (κ1) is 12.4. The van der Waals surface area contributed by atoms with Crippen LogP contribution in [0.25, 0.3) is 10.9 Å². The van der Waals surface area contributed by atoms with Crippen LogP contribution in [0.15, 0.2) is 18.3 Å². The van der Waals surface area contributed by atoms with Gasteiger partial charge in [-0.15, -0.1) is 0 Å². The van der Waals surface area contributed by atoms with Crippen LogP contribution in [0.3, 0.4) is 0 Å². The van der Waals surface area contributed by atoms with Crippen molar-refractivity contribution < 1.29 is 14.7 Å². The minimum atomic E-state index is -0.966. The molecule has 0 aliphatic heterocycles. The Kier molecular flexibility index (Phi) is 2.95. The molecule has 0 fully saturated rings. The van der Waals surface area contributed by atoms with E-state index >= 15 is 0 Å². The molecule has 0 bridgehead atoms. The molecule has 1 N–H and O–H groups in total. The van der Waals surface area contributed by atoms with Crippen LogP contribution in [0.4, 0.5) is 0 Å². The number of aromatic carboxylic acids is 1. The molecule has 18 heavy (non-hydrogen) atoms. The summed E-state index contributed by atoms with van der Waals surface area (Å²) >= 11 is 0. The highest BCUT2D eigenvalue weighted by Gasteiger charge is 2.18. The van der Waals surface area contributed by atoms with Crippen LogP contribution >= 0.6 is 0 Å². The van der Waals surface area contributed by atoms with Crippen molar-refractivity contribution in [2.45, 2.75) is 20.3 Å². The Morgan fingerprint density at radius 1 is 1.28 bits per heavy atom. The molecule has 2 aromatic rings. The molecule has 0 radical (unpaired) electrons. The summed E-state index contributed by atoms with van der Waals surface area (Å²) in [7, 11) is 1.76. The van der Waals surface area contributed by atoms with Gasteiger partial charge in [0.1, 0.15) is 0 Å². The summed E-state index contributed by atoms with van der Waals surface area (Å²) in [4.78, 5) is 22.9. The molecular formula is C14H15NO3. The van der Waals surface area contributed by atoms with E-state index in [1.807, 2.05) is 13.0 Å². The van der Waals surface area contributed by atoms with E-state index in [0.717, 1.165) is 17.4 Å². The van der Waals surface area contributed by atoms with Crippen LogP contribution in [0, 0.1) is 0 Å². The van der Waals surface area contributed by atoms with E-state index in [-0.39, 0.29) is 11.3 Å². The zero-order valence-electron chi connectivity index (χ0n) is 10.7. The molecule has 0 saturated heterocycles.